The van der Waals surface area contributed by atoms with Crippen molar-refractivity contribution in [1.29, 1.82) is 0 Å². The smallest absolute Gasteiger partial charge is 0.132 e. The number of hydrogen-bond donors (Lipinski definition) is 1. The molecule has 0 saturated heterocycles. The van der Waals surface area contributed by atoms with Crippen molar-refractivity contribution in [2.45, 2.75) is 6.10 Å². The normalized spacial score (nSPS) is 12.4. The number of ether oxygens (including phenoxy) is 1. The molecule has 4 nitrogen and oxygen atoms in total. The summed E-state index contributed by atoms with van der Waals surface area (Å²) in [7, 11) is 1.60. The van der Waals surface area contributed by atoms with Crippen molar-refractivity contribution >= 4 is 11.3 Å². The van der Waals surface area contributed by atoms with Gasteiger partial charge >= 0.3 is 0 Å². The van der Waals surface area contributed by atoms with Crippen LogP contribution < -0.4 is 4.74 Å². The Kier molecular flexibility index (Phi) is 2.94. The molecule has 0 spiro atoms. The summed E-state index contributed by atoms with van der Waals surface area (Å²) in [5.41, 5.74) is 0.544. The number of thiophene rings is 1. The van der Waals surface area contributed by atoms with Crippen LogP contribution in [0.25, 0.3) is 0 Å². The zero-order valence-electron chi connectivity index (χ0n) is 8.12. The van der Waals surface area contributed by atoms with Crippen LogP contribution in [0.5, 0.6) is 5.75 Å². The van der Waals surface area contributed by atoms with Crippen molar-refractivity contribution in [3.05, 3.63) is 40.6 Å². The van der Waals surface area contributed by atoms with Gasteiger partial charge in [0.05, 0.1) is 19.0 Å². The molecule has 0 radical (unpaired) electrons. The molecule has 1 unspecified atom stereocenters. The van der Waals surface area contributed by atoms with Gasteiger partial charge in [-0.1, -0.05) is 0 Å². The van der Waals surface area contributed by atoms with Gasteiger partial charge in [-0.2, -0.15) is 0 Å². The van der Waals surface area contributed by atoms with Crippen LogP contribution in [-0.2, 0) is 0 Å². The Labute approximate surface area is 91.2 Å². The molecule has 1 N–H and O–H groups in total. The summed E-state index contributed by atoms with van der Waals surface area (Å²) >= 11 is 1.43. The second kappa shape index (κ2) is 4.37. The Morgan fingerprint density at radius 2 is 2.33 bits per heavy atom. The minimum atomic E-state index is -0.729. The van der Waals surface area contributed by atoms with Crippen LogP contribution in [0.2, 0.25) is 0 Å². The Morgan fingerprint density at radius 3 is 2.93 bits per heavy atom. The summed E-state index contributed by atoms with van der Waals surface area (Å²) in [6.45, 7) is 0. The van der Waals surface area contributed by atoms with Gasteiger partial charge in [-0.05, 0) is 6.07 Å². The molecular weight excluding hydrogens is 212 g/mol. The molecule has 0 aromatic carbocycles. The van der Waals surface area contributed by atoms with E-state index < -0.39 is 6.10 Å². The zero-order valence-corrected chi connectivity index (χ0v) is 8.94. The van der Waals surface area contributed by atoms with E-state index in [0.717, 1.165) is 10.6 Å². The van der Waals surface area contributed by atoms with Gasteiger partial charge < -0.3 is 9.84 Å². The largest absolute Gasteiger partial charge is 0.496 e. The lowest BCUT2D eigenvalue weighted by atomic mass is 10.2. The molecule has 0 aliphatic carbocycles. The second-order valence-electron chi connectivity index (χ2n) is 2.92. The first-order chi connectivity index (χ1) is 7.31. The Morgan fingerprint density at radius 1 is 1.47 bits per heavy atom. The summed E-state index contributed by atoms with van der Waals surface area (Å²) in [5, 5.41) is 11.8. The third-order valence-electron chi connectivity index (χ3n) is 1.96. The fourth-order valence-corrected chi connectivity index (χ4v) is 2.03. The van der Waals surface area contributed by atoms with Gasteiger partial charge in [0.25, 0.3) is 0 Å². The molecule has 0 amide bonds. The van der Waals surface area contributed by atoms with Crippen molar-refractivity contribution in [2.75, 3.05) is 7.11 Å². The topological polar surface area (TPSA) is 55.2 Å². The number of rotatable bonds is 3. The lowest BCUT2D eigenvalue weighted by molar-refractivity contribution is 0.218. The molecular formula is C10H10N2O2S. The fraction of sp³-hybridized carbons (Fsp3) is 0.200. The van der Waals surface area contributed by atoms with Gasteiger partial charge in [0.1, 0.15) is 11.9 Å². The van der Waals surface area contributed by atoms with Crippen molar-refractivity contribution in [2.24, 2.45) is 0 Å². The molecule has 2 aromatic rings. The molecule has 0 saturated carbocycles. The van der Waals surface area contributed by atoms with Crippen LogP contribution in [0.3, 0.4) is 0 Å². The predicted octanol–water partition coefficient (Wildman–Crippen LogP) is 1.63. The molecule has 0 bridgehead atoms. The van der Waals surface area contributed by atoms with Gasteiger partial charge in [-0.15, -0.1) is 11.3 Å². The quantitative estimate of drug-likeness (QED) is 0.857. The average Bonchev–Trinajstić information content (AvgIpc) is 2.78. The van der Waals surface area contributed by atoms with Crippen molar-refractivity contribution < 1.29 is 9.84 Å². The third kappa shape index (κ3) is 2.14. The predicted molar refractivity (Wildman–Crippen MR) is 57.0 cm³/mol. The SMILES string of the molecule is COc1csc(C(O)c2cnccn2)c1. The summed E-state index contributed by atoms with van der Waals surface area (Å²) < 4.78 is 5.04. The molecule has 2 aromatic heterocycles. The van der Waals surface area contributed by atoms with E-state index in [1.807, 2.05) is 5.38 Å². The van der Waals surface area contributed by atoms with Crippen molar-refractivity contribution in [1.82, 2.24) is 9.97 Å². The molecule has 5 heteroatoms. The van der Waals surface area contributed by atoms with Crippen LogP contribution in [0, 0.1) is 0 Å². The van der Waals surface area contributed by atoms with E-state index >= 15 is 0 Å². The maximum absolute atomic E-state index is 9.95. The van der Waals surface area contributed by atoms with E-state index in [9.17, 15) is 5.11 Å². The van der Waals surface area contributed by atoms with Gasteiger partial charge in [0.15, 0.2) is 0 Å². The number of hydrogen-bond acceptors (Lipinski definition) is 5. The number of methoxy groups -OCH3 is 1. The maximum Gasteiger partial charge on any atom is 0.132 e. The molecule has 0 aliphatic rings. The van der Waals surface area contributed by atoms with Crippen LogP contribution in [0.15, 0.2) is 30.0 Å². The monoisotopic (exact) mass is 222 g/mol. The van der Waals surface area contributed by atoms with Gasteiger partial charge in [0.2, 0.25) is 0 Å². The number of nitrogens with zero attached hydrogens (tertiary/aromatic N) is 2. The number of aromatic nitrogens is 2. The van der Waals surface area contributed by atoms with E-state index in [0.29, 0.717) is 5.69 Å². The minimum Gasteiger partial charge on any atom is -0.496 e. The van der Waals surface area contributed by atoms with Crippen molar-refractivity contribution in [3.63, 3.8) is 0 Å². The first kappa shape index (κ1) is 10.1. The lowest BCUT2D eigenvalue weighted by Gasteiger charge is -2.05. The molecule has 15 heavy (non-hydrogen) atoms. The average molecular weight is 222 g/mol. The molecule has 78 valence electrons. The zero-order chi connectivity index (χ0) is 10.7. The molecule has 2 rings (SSSR count). The highest BCUT2D eigenvalue weighted by Gasteiger charge is 2.14. The molecule has 0 fully saturated rings. The van der Waals surface area contributed by atoms with Crippen molar-refractivity contribution in [3.8, 4) is 5.75 Å². The third-order valence-corrected chi connectivity index (χ3v) is 2.93. The van der Waals surface area contributed by atoms with E-state index in [2.05, 4.69) is 9.97 Å². The summed E-state index contributed by atoms with van der Waals surface area (Å²) in [5.74, 6) is 0.748. The number of aliphatic hydroxyl groups is 1. The van der Waals surface area contributed by atoms with Crippen LogP contribution in [0.1, 0.15) is 16.7 Å². The molecule has 0 aliphatic heterocycles. The fourth-order valence-electron chi connectivity index (χ4n) is 1.18. The molecule has 2 heterocycles. The maximum atomic E-state index is 9.95. The lowest BCUT2D eigenvalue weighted by Crippen LogP contribution is -2.00. The van der Waals surface area contributed by atoms with Gasteiger partial charge in [-0.3, -0.25) is 9.97 Å². The highest BCUT2D eigenvalue weighted by molar-refractivity contribution is 7.10. The van der Waals surface area contributed by atoms with Crippen LogP contribution in [-0.4, -0.2) is 22.2 Å². The highest BCUT2D eigenvalue weighted by atomic mass is 32.1. The van der Waals surface area contributed by atoms with Gasteiger partial charge in [0, 0.05) is 22.7 Å². The molecule has 1 atom stereocenters. The van der Waals surface area contributed by atoms with E-state index in [1.54, 1.807) is 31.8 Å². The van der Waals surface area contributed by atoms with Gasteiger partial charge in [-0.25, -0.2) is 0 Å². The van der Waals surface area contributed by atoms with Crippen LogP contribution in [0.4, 0.5) is 0 Å². The summed E-state index contributed by atoms with van der Waals surface area (Å²) in [6.07, 6.45) is 3.96. The first-order valence-corrected chi connectivity index (χ1v) is 5.25. The Hall–Kier alpha value is -1.46. The Bertz CT molecular complexity index is 430. The standard InChI is InChI=1S/C10H10N2O2S/c1-14-7-4-9(15-6-7)10(13)8-5-11-2-3-12-8/h2-6,10,13H,1H3. The second-order valence-corrected chi connectivity index (χ2v) is 3.86. The van der Waals surface area contributed by atoms with E-state index in [4.69, 9.17) is 4.74 Å². The van der Waals surface area contributed by atoms with E-state index in [1.165, 1.54) is 11.3 Å². The Balaban J connectivity index is 2.24. The van der Waals surface area contributed by atoms with E-state index in [-0.39, 0.29) is 0 Å². The summed E-state index contributed by atoms with van der Waals surface area (Å²) in [6, 6.07) is 1.80. The number of aliphatic hydroxyl groups excluding tert-OH is 1. The highest BCUT2D eigenvalue weighted by Crippen LogP contribution is 2.29. The minimum absolute atomic E-state index is 0.544. The first-order valence-electron chi connectivity index (χ1n) is 4.37. The van der Waals surface area contributed by atoms with Crippen LogP contribution >= 0.6 is 11.3 Å². The summed E-state index contributed by atoms with van der Waals surface area (Å²) in [4.78, 5) is 8.75.